The number of halogens is 2. The number of piperidine rings is 1. The third-order valence-electron chi connectivity index (χ3n) is 4.29. The van der Waals surface area contributed by atoms with Gasteiger partial charge < -0.3 is 5.32 Å². The van der Waals surface area contributed by atoms with Gasteiger partial charge in [0.2, 0.25) is 5.91 Å². The molecule has 2 unspecified atom stereocenters. The molecule has 2 saturated heterocycles. The molecule has 6 heteroatoms. The molecule has 0 aliphatic carbocycles. The van der Waals surface area contributed by atoms with Gasteiger partial charge >= 0.3 is 0 Å². The monoisotopic (exact) mass is 294 g/mol. The van der Waals surface area contributed by atoms with Crippen molar-refractivity contribution in [3.63, 3.8) is 0 Å². The van der Waals surface area contributed by atoms with E-state index in [1.54, 1.807) is 0 Å². The number of hydrogen-bond acceptors (Lipinski definition) is 3. The van der Waals surface area contributed by atoms with E-state index in [0.29, 0.717) is 13.1 Å². The van der Waals surface area contributed by atoms with Crippen LogP contribution in [0, 0.1) is 17.6 Å². The summed E-state index contributed by atoms with van der Waals surface area (Å²) < 4.78 is 26.8. The fourth-order valence-electron chi connectivity index (χ4n) is 3.22. The lowest BCUT2D eigenvalue weighted by Crippen LogP contribution is -2.47. The number of nitrogens with zero attached hydrogens (tertiary/aromatic N) is 1. The number of ketones is 1. The van der Waals surface area contributed by atoms with Crippen LogP contribution in [0.5, 0.6) is 0 Å². The van der Waals surface area contributed by atoms with Gasteiger partial charge in [0.05, 0.1) is 18.0 Å². The number of hydrogen-bond donors (Lipinski definition) is 1. The lowest BCUT2D eigenvalue weighted by atomic mass is 9.91. The first-order valence-corrected chi connectivity index (χ1v) is 7.06. The molecule has 4 nitrogen and oxygen atoms in total. The average molecular weight is 294 g/mol. The van der Waals surface area contributed by atoms with Gasteiger partial charge in [-0.2, -0.15) is 0 Å². The number of fused-ring (bicyclic) bond motifs is 1. The van der Waals surface area contributed by atoms with E-state index >= 15 is 0 Å². The van der Waals surface area contributed by atoms with Gasteiger partial charge in [-0.25, -0.2) is 8.78 Å². The molecule has 1 aromatic carbocycles. The van der Waals surface area contributed by atoms with Crippen molar-refractivity contribution in [3.05, 3.63) is 35.4 Å². The number of benzene rings is 1. The van der Waals surface area contributed by atoms with Gasteiger partial charge in [-0.1, -0.05) is 0 Å². The van der Waals surface area contributed by atoms with E-state index in [9.17, 15) is 18.4 Å². The molecule has 3 rings (SSSR count). The van der Waals surface area contributed by atoms with Gasteiger partial charge in [0.25, 0.3) is 0 Å². The first kappa shape index (κ1) is 14.1. The third kappa shape index (κ3) is 2.68. The van der Waals surface area contributed by atoms with Crippen LogP contribution in [-0.4, -0.2) is 42.3 Å². The minimum atomic E-state index is -0.712. The average Bonchev–Trinajstić information content (AvgIpc) is 2.84. The number of rotatable bonds is 3. The second kappa shape index (κ2) is 5.52. The van der Waals surface area contributed by atoms with Crippen molar-refractivity contribution in [2.45, 2.75) is 18.9 Å². The topological polar surface area (TPSA) is 49.4 Å². The van der Waals surface area contributed by atoms with Gasteiger partial charge in [-0.15, -0.1) is 0 Å². The fourth-order valence-corrected chi connectivity index (χ4v) is 3.22. The molecule has 0 spiro atoms. The number of nitrogens with one attached hydrogen (secondary N) is 1. The second-order valence-corrected chi connectivity index (χ2v) is 5.58. The molecule has 0 radical (unpaired) electrons. The molecule has 2 aliphatic rings. The molecule has 0 saturated carbocycles. The lowest BCUT2D eigenvalue weighted by Gasteiger charge is -2.35. The van der Waals surface area contributed by atoms with E-state index in [0.717, 1.165) is 31.0 Å². The van der Waals surface area contributed by atoms with E-state index in [1.165, 1.54) is 0 Å². The van der Waals surface area contributed by atoms with Crippen LogP contribution in [0.2, 0.25) is 0 Å². The van der Waals surface area contributed by atoms with Crippen molar-refractivity contribution in [2.75, 3.05) is 19.6 Å². The maximum atomic E-state index is 13.6. The van der Waals surface area contributed by atoms with Crippen LogP contribution in [0.15, 0.2) is 18.2 Å². The summed E-state index contributed by atoms with van der Waals surface area (Å²) in [5.74, 6) is -1.87. The smallest absolute Gasteiger partial charge is 0.224 e. The highest BCUT2D eigenvalue weighted by Gasteiger charge is 2.41. The van der Waals surface area contributed by atoms with Crippen LogP contribution in [0.3, 0.4) is 0 Å². The Bertz CT molecular complexity index is 591. The number of carbonyl (C=O) groups is 2. The Morgan fingerprint density at radius 1 is 1.38 bits per heavy atom. The maximum Gasteiger partial charge on any atom is 0.224 e. The van der Waals surface area contributed by atoms with Crippen molar-refractivity contribution < 1.29 is 18.4 Å². The van der Waals surface area contributed by atoms with Crippen LogP contribution in [-0.2, 0) is 4.79 Å². The highest BCUT2D eigenvalue weighted by atomic mass is 19.1. The Morgan fingerprint density at radius 3 is 3.00 bits per heavy atom. The predicted molar refractivity (Wildman–Crippen MR) is 71.8 cm³/mol. The van der Waals surface area contributed by atoms with Gasteiger partial charge in [-0.05, 0) is 37.6 Å². The lowest BCUT2D eigenvalue weighted by molar-refractivity contribution is -0.124. The summed E-state index contributed by atoms with van der Waals surface area (Å²) in [5.41, 5.74) is -0.227. The molecular weight excluding hydrogens is 278 g/mol. The van der Waals surface area contributed by atoms with Gasteiger partial charge in [0, 0.05) is 12.6 Å². The van der Waals surface area contributed by atoms with Crippen molar-refractivity contribution >= 4 is 11.7 Å². The van der Waals surface area contributed by atoms with Crippen LogP contribution < -0.4 is 5.32 Å². The zero-order valence-corrected chi connectivity index (χ0v) is 11.4. The molecule has 0 aromatic heterocycles. The minimum absolute atomic E-state index is 0.0104. The van der Waals surface area contributed by atoms with Crippen molar-refractivity contribution in [3.8, 4) is 0 Å². The Balaban J connectivity index is 1.75. The molecule has 2 fully saturated rings. The van der Waals surface area contributed by atoms with Crippen LogP contribution in [0.4, 0.5) is 8.78 Å². The summed E-state index contributed by atoms with van der Waals surface area (Å²) in [6, 6.07) is 2.86. The Kier molecular flexibility index (Phi) is 3.71. The quantitative estimate of drug-likeness (QED) is 0.856. The van der Waals surface area contributed by atoms with Crippen LogP contribution >= 0.6 is 0 Å². The molecule has 2 atom stereocenters. The SMILES string of the molecule is O=C(CN1CCCC2C(=O)NCC21)c1cc(F)ccc1F. The van der Waals surface area contributed by atoms with E-state index in [4.69, 9.17) is 0 Å². The van der Waals surface area contributed by atoms with Crippen molar-refractivity contribution in [1.29, 1.82) is 0 Å². The van der Waals surface area contributed by atoms with E-state index in [2.05, 4.69) is 5.32 Å². The second-order valence-electron chi connectivity index (χ2n) is 5.58. The van der Waals surface area contributed by atoms with Gasteiger partial charge in [0.1, 0.15) is 11.6 Å². The van der Waals surface area contributed by atoms with Crippen LogP contribution in [0.1, 0.15) is 23.2 Å². The minimum Gasteiger partial charge on any atom is -0.354 e. The first-order chi connectivity index (χ1) is 10.1. The molecular formula is C15H16F2N2O2. The number of carbonyl (C=O) groups excluding carboxylic acids is 2. The molecule has 1 aromatic rings. The zero-order valence-electron chi connectivity index (χ0n) is 11.4. The van der Waals surface area contributed by atoms with E-state index in [1.807, 2.05) is 4.90 Å². The molecule has 112 valence electrons. The summed E-state index contributed by atoms with van der Waals surface area (Å²) in [7, 11) is 0. The summed E-state index contributed by atoms with van der Waals surface area (Å²) >= 11 is 0. The Labute approximate surface area is 121 Å². The maximum absolute atomic E-state index is 13.6. The number of Topliss-reactive ketones (excluding diaryl/α,β-unsaturated/α-hetero) is 1. The molecule has 21 heavy (non-hydrogen) atoms. The first-order valence-electron chi connectivity index (χ1n) is 7.06. The van der Waals surface area contributed by atoms with Crippen molar-refractivity contribution in [1.82, 2.24) is 10.2 Å². The predicted octanol–water partition coefficient (Wildman–Crippen LogP) is 1.36. The standard InChI is InChI=1S/C15H16F2N2O2/c16-9-3-4-12(17)11(6-9)14(20)8-19-5-1-2-10-13(19)7-18-15(10)21/h3-4,6,10,13H,1-2,5,7-8H2,(H,18,21). The Hall–Kier alpha value is -1.82. The van der Waals surface area contributed by atoms with E-state index < -0.39 is 17.4 Å². The normalized spacial score (nSPS) is 25.5. The van der Waals surface area contributed by atoms with E-state index in [-0.39, 0.29) is 30.0 Å². The highest BCUT2D eigenvalue weighted by molar-refractivity contribution is 5.98. The molecule has 2 aliphatic heterocycles. The van der Waals surface area contributed by atoms with Gasteiger partial charge in [0.15, 0.2) is 5.78 Å². The summed E-state index contributed by atoms with van der Waals surface area (Å²) in [6.07, 6.45) is 1.64. The molecule has 1 N–H and O–H groups in total. The largest absolute Gasteiger partial charge is 0.354 e. The van der Waals surface area contributed by atoms with Crippen LogP contribution in [0.25, 0.3) is 0 Å². The highest BCUT2D eigenvalue weighted by Crippen LogP contribution is 2.27. The van der Waals surface area contributed by atoms with Gasteiger partial charge in [-0.3, -0.25) is 14.5 Å². The number of likely N-dealkylation sites (tertiary alicyclic amines) is 1. The fraction of sp³-hybridized carbons (Fsp3) is 0.467. The van der Waals surface area contributed by atoms with Crippen molar-refractivity contribution in [2.24, 2.45) is 5.92 Å². The molecule has 1 amide bonds. The summed E-state index contributed by atoms with van der Waals surface area (Å²) in [5, 5.41) is 2.80. The zero-order chi connectivity index (χ0) is 15.0. The summed E-state index contributed by atoms with van der Waals surface area (Å²) in [4.78, 5) is 25.8. The number of amides is 1. The molecule has 2 heterocycles. The molecule has 0 bridgehead atoms. The Morgan fingerprint density at radius 2 is 2.19 bits per heavy atom. The third-order valence-corrected chi connectivity index (χ3v) is 4.29. The summed E-state index contributed by atoms with van der Waals surface area (Å²) in [6.45, 7) is 1.22.